The van der Waals surface area contributed by atoms with Crippen molar-refractivity contribution in [3.8, 4) is 0 Å². The molecule has 1 rings (SSSR count). The zero-order chi connectivity index (χ0) is 13.1. The number of aliphatic carboxylic acids is 1. The molecule has 0 aliphatic heterocycles. The van der Waals surface area contributed by atoms with Crippen molar-refractivity contribution in [2.45, 2.75) is 6.04 Å². The van der Waals surface area contributed by atoms with Gasteiger partial charge in [0.15, 0.2) is 6.04 Å². The number of hydrogen-bond acceptors (Lipinski definition) is 4. The number of hydrogen-bond donors (Lipinski definition) is 1. The molecule has 6 nitrogen and oxygen atoms in total. The van der Waals surface area contributed by atoms with Crippen LogP contribution >= 0.6 is 0 Å². The van der Waals surface area contributed by atoms with Crippen LogP contribution in [0.2, 0.25) is 0 Å². The maximum absolute atomic E-state index is 11.6. The first-order valence-electron chi connectivity index (χ1n) is 4.88. The normalized spacial score (nSPS) is 13.6. The SMILES string of the molecule is CN(C)S(=O)(=O)[NH2+][C@@H](C(=O)[O-])c1ccccc1. The van der Waals surface area contributed by atoms with Crippen molar-refractivity contribution in [3.63, 3.8) is 0 Å². The first-order chi connectivity index (χ1) is 7.84. The molecule has 1 aromatic rings. The fraction of sp³-hybridized carbons (Fsp3) is 0.300. The third-order valence-corrected chi connectivity index (χ3v) is 3.86. The van der Waals surface area contributed by atoms with Crippen LogP contribution in [0.25, 0.3) is 0 Å². The Bertz CT molecular complexity index is 484. The summed E-state index contributed by atoms with van der Waals surface area (Å²) in [5.74, 6) is -1.44. The highest BCUT2D eigenvalue weighted by atomic mass is 32.2. The highest BCUT2D eigenvalue weighted by Gasteiger charge is 2.26. The van der Waals surface area contributed by atoms with E-state index in [0.717, 1.165) is 9.03 Å². The number of benzene rings is 1. The summed E-state index contributed by atoms with van der Waals surface area (Å²) in [6, 6.07) is 6.81. The fourth-order valence-corrected chi connectivity index (χ4v) is 2.08. The summed E-state index contributed by atoms with van der Waals surface area (Å²) in [6.07, 6.45) is 0. The first kappa shape index (κ1) is 13.6. The van der Waals surface area contributed by atoms with E-state index in [4.69, 9.17) is 0 Å². The van der Waals surface area contributed by atoms with Crippen molar-refractivity contribution >= 4 is 16.2 Å². The summed E-state index contributed by atoms with van der Waals surface area (Å²) in [7, 11) is -1.03. The van der Waals surface area contributed by atoms with Crippen LogP contribution in [-0.4, -0.2) is 32.8 Å². The standard InChI is InChI=1S/C10H14N2O4S/c1-12(2)17(15,16)11-9(10(13)14)8-6-4-3-5-7-8/h3-7,9,11H,1-2H3,(H,13,14)/t9-/m1/s1. The highest BCUT2D eigenvalue weighted by molar-refractivity contribution is 7.82. The van der Waals surface area contributed by atoms with Gasteiger partial charge in [-0.3, -0.25) is 0 Å². The van der Waals surface area contributed by atoms with E-state index in [0.29, 0.717) is 5.56 Å². The van der Waals surface area contributed by atoms with E-state index in [2.05, 4.69) is 0 Å². The van der Waals surface area contributed by atoms with Crippen LogP contribution in [0.4, 0.5) is 0 Å². The number of carboxylic acid groups (broad SMARTS) is 1. The highest BCUT2D eigenvalue weighted by Crippen LogP contribution is 2.07. The molecule has 0 spiro atoms. The van der Waals surface area contributed by atoms with Gasteiger partial charge in [0.25, 0.3) is 0 Å². The number of nitrogens with two attached hydrogens (primary N) is 1. The summed E-state index contributed by atoms with van der Waals surface area (Å²) < 4.78 is 24.9. The molecule has 0 bridgehead atoms. The van der Waals surface area contributed by atoms with Crippen LogP contribution in [0.1, 0.15) is 11.6 Å². The largest absolute Gasteiger partial charge is 0.544 e. The van der Waals surface area contributed by atoms with Crippen molar-refractivity contribution in [2.24, 2.45) is 0 Å². The molecule has 0 radical (unpaired) electrons. The van der Waals surface area contributed by atoms with Crippen LogP contribution in [0.15, 0.2) is 30.3 Å². The number of nitrogens with zero attached hydrogens (tertiary/aromatic N) is 1. The molecule has 0 aliphatic carbocycles. The Hall–Kier alpha value is -1.44. The Kier molecular flexibility index (Phi) is 4.22. The van der Waals surface area contributed by atoms with E-state index in [-0.39, 0.29) is 0 Å². The predicted molar refractivity (Wildman–Crippen MR) is 58.7 cm³/mol. The second-order valence-electron chi connectivity index (χ2n) is 3.67. The van der Waals surface area contributed by atoms with E-state index in [1.54, 1.807) is 30.3 Å². The second kappa shape index (κ2) is 5.26. The molecule has 0 aromatic heterocycles. The van der Waals surface area contributed by atoms with Gasteiger partial charge in [0.1, 0.15) is 5.97 Å². The molecular formula is C10H14N2O4S. The number of carboxylic acids is 1. The lowest BCUT2D eigenvalue weighted by Crippen LogP contribution is -2.92. The maximum atomic E-state index is 11.6. The molecule has 0 aliphatic rings. The Morgan fingerprint density at radius 2 is 1.82 bits per heavy atom. The lowest BCUT2D eigenvalue weighted by atomic mass is 10.1. The van der Waals surface area contributed by atoms with Crippen molar-refractivity contribution in [2.75, 3.05) is 14.1 Å². The Morgan fingerprint density at radius 3 is 2.24 bits per heavy atom. The van der Waals surface area contributed by atoms with Gasteiger partial charge >= 0.3 is 10.2 Å². The van der Waals surface area contributed by atoms with Gasteiger partial charge in [-0.2, -0.15) is 12.7 Å². The number of quaternary nitrogens is 1. The number of rotatable bonds is 5. The van der Waals surface area contributed by atoms with E-state index in [9.17, 15) is 18.3 Å². The van der Waals surface area contributed by atoms with Gasteiger partial charge in [-0.05, 0) is 0 Å². The van der Waals surface area contributed by atoms with E-state index >= 15 is 0 Å². The molecule has 0 saturated carbocycles. The Balaban J connectivity index is 3.02. The zero-order valence-electron chi connectivity index (χ0n) is 9.53. The Labute approximate surface area is 100 Å². The molecule has 1 atom stereocenters. The van der Waals surface area contributed by atoms with E-state index < -0.39 is 22.2 Å². The fourth-order valence-electron chi connectivity index (χ4n) is 1.22. The molecule has 0 saturated heterocycles. The summed E-state index contributed by atoms with van der Waals surface area (Å²) in [4.78, 5) is 11.0. The van der Waals surface area contributed by atoms with Crippen molar-refractivity contribution in [3.05, 3.63) is 35.9 Å². The van der Waals surface area contributed by atoms with Gasteiger partial charge in [-0.15, -0.1) is 0 Å². The van der Waals surface area contributed by atoms with Crippen LogP contribution in [-0.2, 0) is 15.0 Å². The minimum absolute atomic E-state index is 0.373. The third-order valence-electron chi connectivity index (χ3n) is 2.23. The van der Waals surface area contributed by atoms with Crippen molar-refractivity contribution in [1.29, 1.82) is 0 Å². The third kappa shape index (κ3) is 3.52. The van der Waals surface area contributed by atoms with E-state index in [1.165, 1.54) is 14.1 Å². The molecule has 1 aromatic carbocycles. The molecule has 0 heterocycles. The molecule has 94 valence electrons. The summed E-state index contributed by atoms with van der Waals surface area (Å²) in [6.45, 7) is 0. The smallest absolute Gasteiger partial charge is 0.369 e. The lowest BCUT2D eigenvalue weighted by molar-refractivity contribution is -0.550. The minimum Gasteiger partial charge on any atom is -0.544 e. The van der Waals surface area contributed by atoms with Gasteiger partial charge < -0.3 is 9.90 Å². The molecule has 0 unspecified atom stereocenters. The average molecular weight is 258 g/mol. The van der Waals surface area contributed by atoms with Crippen molar-refractivity contribution in [1.82, 2.24) is 4.31 Å². The van der Waals surface area contributed by atoms with Crippen LogP contribution in [0.5, 0.6) is 0 Å². The van der Waals surface area contributed by atoms with Crippen molar-refractivity contribution < 1.29 is 23.0 Å². The summed E-state index contributed by atoms with van der Waals surface area (Å²) in [5.41, 5.74) is 0.373. The topological polar surface area (TPSA) is 94.1 Å². The molecule has 0 fully saturated rings. The van der Waals surface area contributed by atoms with Gasteiger partial charge in [0.2, 0.25) is 0 Å². The molecular weight excluding hydrogens is 244 g/mol. The van der Waals surface area contributed by atoms with Crippen LogP contribution in [0, 0.1) is 0 Å². The number of carbonyl (C=O) groups is 1. The van der Waals surface area contributed by atoms with Gasteiger partial charge in [0.05, 0.1) is 0 Å². The Morgan fingerprint density at radius 1 is 1.29 bits per heavy atom. The van der Waals surface area contributed by atoms with Gasteiger partial charge in [-0.1, -0.05) is 30.3 Å². The van der Waals surface area contributed by atoms with Gasteiger partial charge in [0, 0.05) is 19.7 Å². The zero-order valence-corrected chi connectivity index (χ0v) is 10.3. The molecule has 2 N–H and O–H groups in total. The molecule has 0 amide bonds. The second-order valence-corrected chi connectivity index (χ2v) is 5.70. The lowest BCUT2D eigenvalue weighted by Gasteiger charge is -2.18. The van der Waals surface area contributed by atoms with Crippen LogP contribution < -0.4 is 9.83 Å². The molecule has 17 heavy (non-hydrogen) atoms. The predicted octanol–water partition coefficient (Wildman–Crippen LogP) is -2.15. The molecule has 7 heteroatoms. The first-order valence-corrected chi connectivity index (χ1v) is 6.38. The average Bonchev–Trinajstić information content (AvgIpc) is 2.26. The van der Waals surface area contributed by atoms with Gasteiger partial charge in [-0.25, -0.2) is 4.72 Å². The quantitative estimate of drug-likeness (QED) is 0.651. The van der Waals surface area contributed by atoms with E-state index in [1.807, 2.05) is 0 Å². The maximum Gasteiger partial charge on any atom is 0.369 e. The minimum atomic E-state index is -3.70. The summed E-state index contributed by atoms with van der Waals surface area (Å²) >= 11 is 0. The van der Waals surface area contributed by atoms with Crippen LogP contribution in [0.3, 0.4) is 0 Å². The summed E-state index contributed by atoms with van der Waals surface area (Å²) in [5, 5.41) is 11.0. The monoisotopic (exact) mass is 258 g/mol. The number of carbonyl (C=O) groups excluding carboxylic acids is 1.